The van der Waals surface area contributed by atoms with Crippen molar-refractivity contribution in [3.63, 3.8) is 0 Å². The summed E-state index contributed by atoms with van der Waals surface area (Å²) >= 11 is 0. The fraction of sp³-hybridized carbons (Fsp3) is 0.435. The predicted octanol–water partition coefficient (Wildman–Crippen LogP) is 3.92. The third-order valence-corrected chi connectivity index (χ3v) is 4.86. The Bertz CT molecular complexity index is 922. The van der Waals surface area contributed by atoms with Crippen LogP contribution in [0.3, 0.4) is 0 Å². The molecule has 0 unspecified atom stereocenters. The van der Waals surface area contributed by atoms with E-state index in [1.807, 2.05) is 52.0 Å². The SMILES string of the molecule is Cc1ccc(NC(=O)Nc2cccc3c2CCN(CCNC(=O)OC(C)(C)C)C3)cn1. The highest BCUT2D eigenvalue weighted by atomic mass is 16.6. The molecule has 166 valence electrons. The lowest BCUT2D eigenvalue weighted by Crippen LogP contribution is -2.39. The molecule has 1 aromatic carbocycles. The lowest BCUT2D eigenvalue weighted by atomic mass is 9.97. The number of carbonyl (C=O) groups excluding carboxylic acids is 2. The van der Waals surface area contributed by atoms with E-state index in [0.29, 0.717) is 12.2 Å². The van der Waals surface area contributed by atoms with Crippen LogP contribution in [0.1, 0.15) is 37.6 Å². The van der Waals surface area contributed by atoms with E-state index in [0.717, 1.165) is 43.0 Å². The Morgan fingerprint density at radius 3 is 2.68 bits per heavy atom. The lowest BCUT2D eigenvalue weighted by Gasteiger charge is -2.30. The number of anilines is 2. The summed E-state index contributed by atoms with van der Waals surface area (Å²) in [5.74, 6) is 0. The minimum atomic E-state index is -0.500. The number of fused-ring (bicyclic) bond motifs is 1. The molecule has 0 bridgehead atoms. The van der Waals surface area contributed by atoms with Crippen molar-refractivity contribution >= 4 is 23.5 Å². The average molecular weight is 426 g/mol. The molecule has 3 N–H and O–H groups in total. The smallest absolute Gasteiger partial charge is 0.407 e. The van der Waals surface area contributed by atoms with Crippen molar-refractivity contribution in [3.05, 3.63) is 53.3 Å². The molecular weight excluding hydrogens is 394 g/mol. The topological polar surface area (TPSA) is 95.6 Å². The molecule has 31 heavy (non-hydrogen) atoms. The van der Waals surface area contributed by atoms with Gasteiger partial charge in [0.25, 0.3) is 0 Å². The number of aryl methyl sites for hydroxylation is 1. The molecule has 0 saturated carbocycles. The van der Waals surface area contributed by atoms with Crippen molar-refractivity contribution in [3.8, 4) is 0 Å². The lowest BCUT2D eigenvalue weighted by molar-refractivity contribution is 0.0521. The van der Waals surface area contributed by atoms with E-state index in [9.17, 15) is 9.59 Å². The number of ether oxygens (including phenoxy) is 1. The zero-order valence-electron chi connectivity index (χ0n) is 18.6. The Kier molecular flexibility index (Phi) is 7.12. The summed E-state index contributed by atoms with van der Waals surface area (Å²) in [6.07, 6.45) is 2.06. The largest absolute Gasteiger partial charge is 0.444 e. The first-order chi connectivity index (χ1) is 14.7. The van der Waals surface area contributed by atoms with E-state index in [1.54, 1.807) is 6.20 Å². The number of amides is 3. The van der Waals surface area contributed by atoms with Gasteiger partial charge in [-0.15, -0.1) is 0 Å². The molecule has 3 amide bonds. The second kappa shape index (κ2) is 9.78. The Labute approximate surface area is 183 Å². The first-order valence-corrected chi connectivity index (χ1v) is 10.5. The molecule has 1 aromatic heterocycles. The number of urea groups is 1. The minimum absolute atomic E-state index is 0.289. The molecule has 0 saturated heterocycles. The molecule has 1 aliphatic rings. The first kappa shape index (κ1) is 22.6. The summed E-state index contributed by atoms with van der Waals surface area (Å²) in [6, 6.07) is 9.34. The number of rotatable bonds is 5. The van der Waals surface area contributed by atoms with Gasteiger partial charge < -0.3 is 20.7 Å². The number of pyridine rings is 1. The van der Waals surface area contributed by atoms with Crippen molar-refractivity contribution in [2.75, 3.05) is 30.3 Å². The molecule has 1 aliphatic heterocycles. The summed E-state index contributed by atoms with van der Waals surface area (Å²) in [6.45, 7) is 10.3. The van der Waals surface area contributed by atoms with Crippen molar-refractivity contribution in [1.82, 2.24) is 15.2 Å². The van der Waals surface area contributed by atoms with E-state index in [1.165, 1.54) is 5.56 Å². The standard InChI is InChI=1S/C23H31N5O3/c1-16-8-9-18(14-25-16)26-21(29)27-20-7-5-6-17-15-28(12-10-19(17)20)13-11-24-22(30)31-23(2,3)4/h5-9,14H,10-13,15H2,1-4H3,(H,24,30)(H2,26,27,29). The Morgan fingerprint density at radius 2 is 1.97 bits per heavy atom. The molecule has 0 fully saturated rings. The highest BCUT2D eigenvalue weighted by molar-refractivity contribution is 6.00. The normalized spacial score (nSPS) is 13.8. The molecule has 0 atom stereocenters. The number of carbonyl (C=O) groups is 2. The quantitative estimate of drug-likeness (QED) is 0.675. The Balaban J connectivity index is 1.52. The number of benzene rings is 1. The van der Waals surface area contributed by atoms with Gasteiger partial charge in [-0.3, -0.25) is 9.88 Å². The molecule has 0 radical (unpaired) electrons. The van der Waals surface area contributed by atoms with Crippen LogP contribution in [0.5, 0.6) is 0 Å². The van der Waals surface area contributed by atoms with Crippen molar-refractivity contribution in [1.29, 1.82) is 0 Å². The molecule has 2 aromatic rings. The van der Waals surface area contributed by atoms with Crippen LogP contribution < -0.4 is 16.0 Å². The molecule has 8 heteroatoms. The van der Waals surface area contributed by atoms with Crippen LogP contribution >= 0.6 is 0 Å². The third kappa shape index (κ3) is 6.96. The van der Waals surface area contributed by atoms with Gasteiger partial charge >= 0.3 is 12.1 Å². The van der Waals surface area contributed by atoms with Crippen LogP contribution in [-0.4, -0.2) is 47.2 Å². The number of hydrogen-bond donors (Lipinski definition) is 3. The Hall–Kier alpha value is -3.13. The molecule has 2 heterocycles. The number of nitrogens with one attached hydrogen (secondary N) is 3. The summed E-state index contributed by atoms with van der Waals surface area (Å²) in [5, 5.41) is 8.57. The molecule has 0 aliphatic carbocycles. The van der Waals surface area contributed by atoms with Crippen LogP contribution in [0.4, 0.5) is 21.0 Å². The van der Waals surface area contributed by atoms with E-state index < -0.39 is 11.7 Å². The van der Waals surface area contributed by atoms with Crippen LogP contribution in [0.25, 0.3) is 0 Å². The zero-order chi connectivity index (χ0) is 22.4. The zero-order valence-corrected chi connectivity index (χ0v) is 18.6. The molecule has 0 spiro atoms. The monoisotopic (exact) mass is 425 g/mol. The fourth-order valence-electron chi connectivity index (χ4n) is 3.43. The van der Waals surface area contributed by atoms with Gasteiger partial charge in [0.1, 0.15) is 5.60 Å². The molecule has 3 rings (SSSR count). The van der Waals surface area contributed by atoms with Crippen LogP contribution in [0, 0.1) is 6.92 Å². The number of nitrogens with zero attached hydrogens (tertiary/aromatic N) is 2. The average Bonchev–Trinajstić information content (AvgIpc) is 2.68. The van der Waals surface area contributed by atoms with Gasteiger partial charge in [0.05, 0.1) is 11.9 Å². The number of aromatic nitrogens is 1. The van der Waals surface area contributed by atoms with Gasteiger partial charge in [0, 0.05) is 37.6 Å². The van der Waals surface area contributed by atoms with Gasteiger partial charge in [-0.2, -0.15) is 0 Å². The van der Waals surface area contributed by atoms with Gasteiger partial charge in [-0.1, -0.05) is 12.1 Å². The van der Waals surface area contributed by atoms with Crippen LogP contribution in [0.2, 0.25) is 0 Å². The van der Waals surface area contributed by atoms with E-state index in [-0.39, 0.29) is 6.03 Å². The minimum Gasteiger partial charge on any atom is -0.444 e. The highest BCUT2D eigenvalue weighted by Gasteiger charge is 2.20. The van der Waals surface area contributed by atoms with Crippen molar-refractivity contribution < 1.29 is 14.3 Å². The Morgan fingerprint density at radius 1 is 1.16 bits per heavy atom. The van der Waals surface area contributed by atoms with Gasteiger partial charge in [0.2, 0.25) is 0 Å². The fourth-order valence-corrected chi connectivity index (χ4v) is 3.43. The van der Waals surface area contributed by atoms with Gasteiger partial charge in [-0.25, -0.2) is 9.59 Å². The van der Waals surface area contributed by atoms with Gasteiger partial charge in [0.15, 0.2) is 0 Å². The summed E-state index contributed by atoms with van der Waals surface area (Å²) in [7, 11) is 0. The summed E-state index contributed by atoms with van der Waals surface area (Å²) in [5.41, 5.74) is 4.20. The predicted molar refractivity (Wildman–Crippen MR) is 121 cm³/mol. The molecular formula is C23H31N5O3. The second-order valence-corrected chi connectivity index (χ2v) is 8.67. The maximum absolute atomic E-state index is 12.4. The molecule has 8 nitrogen and oxygen atoms in total. The number of alkyl carbamates (subject to hydrolysis) is 1. The highest BCUT2D eigenvalue weighted by Crippen LogP contribution is 2.26. The van der Waals surface area contributed by atoms with Crippen LogP contribution in [0.15, 0.2) is 36.5 Å². The van der Waals surface area contributed by atoms with E-state index >= 15 is 0 Å². The summed E-state index contributed by atoms with van der Waals surface area (Å²) < 4.78 is 5.27. The van der Waals surface area contributed by atoms with Crippen LogP contribution in [-0.2, 0) is 17.7 Å². The van der Waals surface area contributed by atoms with Crippen molar-refractivity contribution in [2.24, 2.45) is 0 Å². The first-order valence-electron chi connectivity index (χ1n) is 10.5. The third-order valence-electron chi connectivity index (χ3n) is 4.86. The van der Waals surface area contributed by atoms with E-state index in [4.69, 9.17) is 4.74 Å². The van der Waals surface area contributed by atoms with E-state index in [2.05, 4.69) is 31.9 Å². The second-order valence-electron chi connectivity index (χ2n) is 8.67. The number of hydrogen-bond acceptors (Lipinski definition) is 5. The van der Waals surface area contributed by atoms with Crippen molar-refractivity contribution in [2.45, 2.75) is 46.3 Å². The maximum Gasteiger partial charge on any atom is 0.407 e. The maximum atomic E-state index is 12.4. The summed E-state index contributed by atoms with van der Waals surface area (Å²) in [4.78, 5) is 30.7. The van der Waals surface area contributed by atoms with Gasteiger partial charge in [-0.05, 0) is 63.4 Å².